The van der Waals surface area contributed by atoms with Gasteiger partial charge in [-0.25, -0.2) is 4.98 Å². The Morgan fingerprint density at radius 2 is 2.40 bits per heavy atom. The van der Waals surface area contributed by atoms with Crippen LogP contribution in [0.15, 0.2) is 29.9 Å². The molecule has 1 fully saturated rings. The van der Waals surface area contributed by atoms with Crippen LogP contribution in [0.5, 0.6) is 0 Å². The lowest BCUT2D eigenvalue weighted by Gasteiger charge is -2.08. The fourth-order valence-corrected chi connectivity index (χ4v) is 2.80. The molecule has 0 radical (unpaired) electrons. The van der Waals surface area contributed by atoms with E-state index in [9.17, 15) is 4.79 Å². The Balaban J connectivity index is 0.00000147. The van der Waals surface area contributed by atoms with Crippen molar-refractivity contribution in [3.8, 4) is 11.3 Å². The smallest absolute Gasteiger partial charge is 0.243 e. The number of halogens is 1. The van der Waals surface area contributed by atoms with Crippen molar-refractivity contribution in [3.63, 3.8) is 0 Å². The number of hydrogen-bond acceptors (Lipinski definition) is 5. The number of nitrogens with one attached hydrogen (secondary N) is 2. The van der Waals surface area contributed by atoms with Gasteiger partial charge < -0.3 is 10.6 Å². The molecular weight excluding hydrogens is 296 g/mol. The van der Waals surface area contributed by atoms with Gasteiger partial charge in [-0.05, 0) is 31.5 Å². The molecule has 0 bridgehead atoms. The Labute approximate surface area is 127 Å². The summed E-state index contributed by atoms with van der Waals surface area (Å²) in [4.78, 5) is 20.4. The van der Waals surface area contributed by atoms with Gasteiger partial charge in [0.05, 0.1) is 11.7 Å². The van der Waals surface area contributed by atoms with Crippen LogP contribution in [0.25, 0.3) is 11.3 Å². The summed E-state index contributed by atoms with van der Waals surface area (Å²) >= 11 is 1.43. The molecule has 3 heterocycles. The van der Waals surface area contributed by atoms with E-state index in [0.29, 0.717) is 5.13 Å². The molecule has 106 valence electrons. The highest BCUT2D eigenvalue weighted by Gasteiger charge is 2.22. The number of aromatic nitrogens is 2. The molecular formula is C13H15ClN4OS. The molecule has 1 aliphatic heterocycles. The van der Waals surface area contributed by atoms with E-state index < -0.39 is 0 Å². The predicted octanol–water partition coefficient (Wildman–Crippen LogP) is 2.32. The van der Waals surface area contributed by atoms with Gasteiger partial charge in [-0.2, -0.15) is 0 Å². The Hall–Kier alpha value is -1.50. The van der Waals surface area contributed by atoms with Gasteiger partial charge in [0, 0.05) is 23.3 Å². The lowest BCUT2D eigenvalue weighted by molar-refractivity contribution is -0.117. The molecule has 2 aromatic rings. The molecule has 1 amide bonds. The van der Waals surface area contributed by atoms with Gasteiger partial charge in [-0.15, -0.1) is 23.7 Å². The van der Waals surface area contributed by atoms with Gasteiger partial charge in [-0.1, -0.05) is 0 Å². The van der Waals surface area contributed by atoms with Crippen LogP contribution in [0.4, 0.5) is 5.13 Å². The second-order valence-corrected chi connectivity index (χ2v) is 5.28. The van der Waals surface area contributed by atoms with Gasteiger partial charge in [0.25, 0.3) is 0 Å². The number of carbonyl (C=O) groups excluding carboxylic acids is 1. The predicted molar refractivity (Wildman–Crippen MR) is 82.2 cm³/mol. The lowest BCUT2D eigenvalue weighted by Crippen LogP contribution is -2.35. The van der Waals surface area contributed by atoms with Crippen LogP contribution >= 0.6 is 23.7 Å². The standard InChI is InChI=1S/C13H14N4OS.ClH/c18-12(10-4-2-6-15-10)17-13-16-11(8-19-13)9-3-1-5-14-7-9;/h1,3,5,7-8,10,15H,2,4,6H2,(H,16,17,18);1H. The van der Waals surface area contributed by atoms with Gasteiger partial charge in [-0.3, -0.25) is 9.78 Å². The minimum absolute atomic E-state index is 0. The number of hydrogen-bond donors (Lipinski definition) is 2. The van der Waals surface area contributed by atoms with Crippen molar-refractivity contribution in [1.82, 2.24) is 15.3 Å². The summed E-state index contributed by atoms with van der Waals surface area (Å²) in [5, 5.41) is 8.59. The summed E-state index contributed by atoms with van der Waals surface area (Å²) in [5.74, 6) is 0.00425. The summed E-state index contributed by atoms with van der Waals surface area (Å²) in [6.07, 6.45) is 5.44. The van der Waals surface area contributed by atoms with E-state index in [0.717, 1.165) is 30.6 Å². The zero-order valence-corrected chi connectivity index (χ0v) is 12.3. The van der Waals surface area contributed by atoms with Gasteiger partial charge in [0.1, 0.15) is 0 Å². The van der Waals surface area contributed by atoms with Crippen molar-refractivity contribution in [2.24, 2.45) is 0 Å². The molecule has 2 N–H and O–H groups in total. The molecule has 20 heavy (non-hydrogen) atoms. The first kappa shape index (κ1) is 14.9. The number of anilines is 1. The van der Waals surface area contributed by atoms with Crippen molar-refractivity contribution in [2.75, 3.05) is 11.9 Å². The SMILES string of the molecule is Cl.O=C(Nc1nc(-c2cccnc2)cs1)C1CCCN1. The average Bonchev–Trinajstić information content (AvgIpc) is 3.11. The maximum absolute atomic E-state index is 11.9. The maximum atomic E-state index is 11.9. The molecule has 2 aromatic heterocycles. The fraction of sp³-hybridized carbons (Fsp3) is 0.308. The van der Waals surface area contributed by atoms with Gasteiger partial charge in [0.2, 0.25) is 5.91 Å². The molecule has 7 heteroatoms. The first-order valence-corrected chi connectivity index (χ1v) is 7.11. The quantitative estimate of drug-likeness (QED) is 0.913. The van der Waals surface area contributed by atoms with Crippen LogP contribution in [-0.2, 0) is 4.79 Å². The highest BCUT2D eigenvalue weighted by Crippen LogP contribution is 2.24. The topological polar surface area (TPSA) is 66.9 Å². The van der Waals surface area contributed by atoms with Crippen molar-refractivity contribution >= 4 is 34.8 Å². The van der Waals surface area contributed by atoms with Crippen molar-refractivity contribution in [1.29, 1.82) is 0 Å². The minimum Gasteiger partial charge on any atom is -0.306 e. The zero-order chi connectivity index (χ0) is 13.1. The van der Waals surface area contributed by atoms with Crippen molar-refractivity contribution < 1.29 is 4.79 Å². The Morgan fingerprint density at radius 3 is 3.10 bits per heavy atom. The maximum Gasteiger partial charge on any atom is 0.243 e. The zero-order valence-electron chi connectivity index (χ0n) is 10.7. The number of amides is 1. The van der Waals surface area contributed by atoms with Crippen LogP contribution < -0.4 is 10.6 Å². The Kier molecular flexibility index (Phi) is 5.05. The summed E-state index contributed by atoms with van der Waals surface area (Å²) in [6, 6.07) is 3.74. The molecule has 1 unspecified atom stereocenters. The summed E-state index contributed by atoms with van der Waals surface area (Å²) in [7, 11) is 0. The largest absolute Gasteiger partial charge is 0.306 e. The molecule has 1 atom stereocenters. The van der Waals surface area contributed by atoms with Crippen LogP contribution in [0.3, 0.4) is 0 Å². The number of rotatable bonds is 3. The van der Waals surface area contributed by atoms with E-state index in [2.05, 4.69) is 20.6 Å². The van der Waals surface area contributed by atoms with Crippen LogP contribution in [-0.4, -0.2) is 28.5 Å². The molecule has 3 rings (SSSR count). The second-order valence-electron chi connectivity index (χ2n) is 4.42. The molecule has 1 saturated heterocycles. The third kappa shape index (κ3) is 3.33. The lowest BCUT2D eigenvalue weighted by atomic mass is 10.2. The highest BCUT2D eigenvalue weighted by molar-refractivity contribution is 7.14. The molecule has 0 saturated carbocycles. The molecule has 5 nitrogen and oxygen atoms in total. The summed E-state index contributed by atoms with van der Waals surface area (Å²) in [5.41, 5.74) is 1.80. The van der Waals surface area contributed by atoms with E-state index >= 15 is 0 Å². The highest BCUT2D eigenvalue weighted by atomic mass is 35.5. The number of nitrogens with zero attached hydrogens (tertiary/aromatic N) is 2. The third-order valence-corrected chi connectivity index (χ3v) is 3.83. The normalized spacial score (nSPS) is 17.5. The second kappa shape index (κ2) is 6.78. The van der Waals surface area contributed by atoms with E-state index in [1.165, 1.54) is 11.3 Å². The van der Waals surface area contributed by atoms with Crippen LogP contribution in [0.2, 0.25) is 0 Å². The first-order chi connectivity index (χ1) is 9.33. The molecule has 0 spiro atoms. The van der Waals surface area contributed by atoms with Gasteiger partial charge >= 0.3 is 0 Å². The Morgan fingerprint density at radius 1 is 1.50 bits per heavy atom. The van der Waals surface area contributed by atoms with E-state index in [-0.39, 0.29) is 24.4 Å². The Bertz CT molecular complexity index is 569. The molecule has 0 aliphatic carbocycles. The van der Waals surface area contributed by atoms with Crippen molar-refractivity contribution in [2.45, 2.75) is 18.9 Å². The van der Waals surface area contributed by atoms with E-state index in [1.807, 2.05) is 17.5 Å². The van der Waals surface area contributed by atoms with Crippen LogP contribution in [0.1, 0.15) is 12.8 Å². The summed E-state index contributed by atoms with van der Waals surface area (Å²) in [6.45, 7) is 0.914. The average molecular weight is 311 g/mol. The summed E-state index contributed by atoms with van der Waals surface area (Å²) < 4.78 is 0. The van der Waals surface area contributed by atoms with Gasteiger partial charge in [0.15, 0.2) is 5.13 Å². The third-order valence-electron chi connectivity index (χ3n) is 3.07. The number of carbonyl (C=O) groups is 1. The monoisotopic (exact) mass is 310 g/mol. The minimum atomic E-state index is -0.0780. The first-order valence-electron chi connectivity index (χ1n) is 6.23. The van der Waals surface area contributed by atoms with E-state index in [1.54, 1.807) is 12.4 Å². The number of thiazole rings is 1. The van der Waals surface area contributed by atoms with Crippen LogP contribution in [0, 0.1) is 0 Å². The number of pyridine rings is 1. The molecule has 0 aromatic carbocycles. The van der Waals surface area contributed by atoms with Crippen molar-refractivity contribution in [3.05, 3.63) is 29.9 Å². The van der Waals surface area contributed by atoms with E-state index in [4.69, 9.17) is 0 Å². The fourth-order valence-electron chi connectivity index (χ4n) is 2.08. The molecule has 1 aliphatic rings.